The highest BCUT2D eigenvalue weighted by molar-refractivity contribution is 7.45. The van der Waals surface area contributed by atoms with Crippen LogP contribution in [-0.2, 0) is 27.9 Å². The molecule has 0 saturated carbocycles. The third-order valence-electron chi connectivity index (χ3n) is 13.5. The predicted molar refractivity (Wildman–Crippen MR) is 307 cm³/mol. The van der Waals surface area contributed by atoms with Crippen LogP contribution in [0, 0.1) is 0 Å². The minimum Gasteiger partial charge on any atom is -0.756 e. The van der Waals surface area contributed by atoms with Crippen LogP contribution < -0.4 is 10.2 Å². The van der Waals surface area contributed by atoms with Gasteiger partial charge in [-0.3, -0.25) is 14.2 Å². The van der Waals surface area contributed by atoms with E-state index in [9.17, 15) is 19.0 Å². The van der Waals surface area contributed by atoms with Gasteiger partial charge in [-0.25, -0.2) is 0 Å². The van der Waals surface area contributed by atoms with Crippen molar-refractivity contribution >= 4 is 19.7 Å². The molecule has 0 aliphatic rings. The smallest absolute Gasteiger partial charge is 0.306 e. The number of nitrogens with one attached hydrogen (secondary N) is 1. The van der Waals surface area contributed by atoms with Crippen molar-refractivity contribution in [1.29, 1.82) is 0 Å². The van der Waals surface area contributed by atoms with Gasteiger partial charge in [-0.15, -0.1) is 0 Å². The molecule has 0 heterocycles. The Labute approximate surface area is 446 Å². The number of unbranched alkanes of at least 4 members (excludes halogenated alkanes) is 34. The van der Waals surface area contributed by atoms with Crippen molar-refractivity contribution in [2.75, 3.05) is 40.9 Å². The van der Waals surface area contributed by atoms with E-state index in [1.54, 1.807) is 0 Å². The van der Waals surface area contributed by atoms with Crippen LogP contribution in [0.25, 0.3) is 0 Å². The van der Waals surface area contributed by atoms with Crippen molar-refractivity contribution in [3.05, 3.63) is 48.6 Å². The van der Waals surface area contributed by atoms with E-state index in [0.717, 1.165) is 83.5 Å². The molecule has 10 heteroatoms. The van der Waals surface area contributed by atoms with Crippen molar-refractivity contribution in [3.8, 4) is 0 Å². The zero-order valence-electron chi connectivity index (χ0n) is 48.1. The van der Waals surface area contributed by atoms with Crippen LogP contribution in [0.1, 0.15) is 284 Å². The summed E-state index contributed by atoms with van der Waals surface area (Å²) in [6.45, 7) is 6.81. The SMILES string of the molecule is CCCCC/C=C/C=C/CCCCCCCCC(=O)NC(COP(=O)([O-])OCC[N+](C)(C)C)C(/C=C/CCCCCCCCCCCC)OC(=O)CCCCCCCCCCC/C=C/CCCCCCCC. The molecule has 72 heavy (non-hydrogen) atoms. The lowest BCUT2D eigenvalue weighted by atomic mass is 10.0. The molecule has 0 radical (unpaired) electrons. The summed E-state index contributed by atoms with van der Waals surface area (Å²) in [5, 5.41) is 3.02. The van der Waals surface area contributed by atoms with Gasteiger partial charge < -0.3 is 28.5 Å². The van der Waals surface area contributed by atoms with E-state index in [0.29, 0.717) is 17.4 Å². The van der Waals surface area contributed by atoms with Crippen LogP contribution in [-0.4, -0.2) is 69.4 Å². The van der Waals surface area contributed by atoms with Crippen LogP contribution in [0.4, 0.5) is 0 Å². The number of allylic oxidation sites excluding steroid dienone is 7. The maximum Gasteiger partial charge on any atom is 0.306 e. The van der Waals surface area contributed by atoms with Gasteiger partial charge in [-0.05, 0) is 83.1 Å². The van der Waals surface area contributed by atoms with E-state index in [4.69, 9.17) is 13.8 Å². The average Bonchev–Trinajstić information content (AvgIpc) is 3.34. The molecule has 0 spiro atoms. The molecule has 0 aromatic rings. The van der Waals surface area contributed by atoms with Gasteiger partial charge >= 0.3 is 5.97 Å². The molecule has 0 saturated heterocycles. The maximum absolute atomic E-state index is 13.5. The second-order valence-electron chi connectivity index (χ2n) is 21.9. The number of rotatable bonds is 55. The van der Waals surface area contributed by atoms with Crippen LogP contribution in [0.15, 0.2) is 48.6 Å². The maximum atomic E-state index is 13.5. The van der Waals surface area contributed by atoms with Crippen molar-refractivity contribution in [2.24, 2.45) is 0 Å². The Hall–Kier alpha value is -2.03. The second-order valence-corrected chi connectivity index (χ2v) is 23.3. The molecule has 0 aromatic carbocycles. The number of ether oxygens (including phenoxy) is 1. The zero-order valence-corrected chi connectivity index (χ0v) is 49.0. The monoisotopic (exact) mass is 1030 g/mol. The highest BCUT2D eigenvalue weighted by atomic mass is 31.2. The van der Waals surface area contributed by atoms with E-state index >= 15 is 0 Å². The number of hydrogen-bond donors (Lipinski definition) is 1. The van der Waals surface area contributed by atoms with Gasteiger partial charge in [-0.2, -0.15) is 0 Å². The van der Waals surface area contributed by atoms with Crippen LogP contribution in [0.3, 0.4) is 0 Å². The summed E-state index contributed by atoms with van der Waals surface area (Å²) in [4.78, 5) is 39.9. The number of esters is 1. The molecule has 0 aliphatic heterocycles. The molecule has 1 amide bonds. The molecule has 0 fully saturated rings. The summed E-state index contributed by atoms with van der Waals surface area (Å²) >= 11 is 0. The fraction of sp³-hybridized carbons (Fsp3) is 0.839. The Morgan fingerprint density at radius 2 is 0.847 bits per heavy atom. The number of hydrogen-bond acceptors (Lipinski definition) is 7. The molecule has 0 bridgehead atoms. The minimum absolute atomic E-state index is 0.0248. The lowest BCUT2D eigenvalue weighted by Crippen LogP contribution is -2.47. The number of quaternary nitrogens is 1. The Morgan fingerprint density at radius 1 is 0.486 bits per heavy atom. The second kappa shape index (κ2) is 52.4. The molecule has 3 atom stereocenters. The first kappa shape index (κ1) is 70.0. The summed E-state index contributed by atoms with van der Waals surface area (Å²) in [6, 6.07) is -0.893. The van der Waals surface area contributed by atoms with E-state index in [2.05, 4.69) is 62.5 Å². The zero-order chi connectivity index (χ0) is 52.9. The third-order valence-corrected chi connectivity index (χ3v) is 14.5. The van der Waals surface area contributed by atoms with Crippen molar-refractivity contribution < 1.29 is 37.3 Å². The third kappa shape index (κ3) is 52.8. The molecule has 422 valence electrons. The predicted octanol–water partition coefficient (Wildman–Crippen LogP) is 17.9. The highest BCUT2D eigenvalue weighted by Crippen LogP contribution is 2.38. The summed E-state index contributed by atoms with van der Waals surface area (Å²) in [6.07, 6.45) is 63.5. The molecule has 0 aromatic heterocycles. The van der Waals surface area contributed by atoms with E-state index in [1.807, 2.05) is 33.3 Å². The van der Waals surface area contributed by atoms with Crippen LogP contribution in [0.5, 0.6) is 0 Å². The largest absolute Gasteiger partial charge is 0.756 e. The molecule has 1 N–H and O–H groups in total. The van der Waals surface area contributed by atoms with Gasteiger partial charge in [0.25, 0.3) is 7.82 Å². The number of carbonyl (C=O) groups excluding carboxylic acids is 2. The Balaban J connectivity index is 5.28. The lowest BCUT2D eigenvalue weighted by Gasteiger charge is -2.30. The summed E-state index contributed by atoms with van der Waals surface area (Å²) in [5.74, 6) is -0.550. The number of phosphoric ester groups is 1. The average molecular weight is 1030 g/mol. The first-order chi connectivity index (χ1) is 34.9. The van der Waals surface area contributed by atoms with Gasteiger partial charge in [0.15, 0.2) is 0 Å². The first-order valence-electron chi connectivity index (χ1n) is 30.5. The summed E-state index contributed by atoms with van der Waals surface area (Å²) in [7, 11) is 1.18. The highest BCUT2D eigenvalue weighted by Gasteiger charge is 2.27. The molecule has 3 unspecified atom stereocenters. The van der Waals surface area contributed by atoms with Crippen molar-refractivity contribution in [1.82, 2.24) is 5.32 Å². The van der Waals surface area contributed by atoms with Gasteiger partial charge in [-0.1, -0.05) is 237 Å². The Bertz CT molecular complexity index is 1380. The minimum atomic E-state index is -4.70. The molecule has 9 nitrogen and oxygen atoms in total. The quantitative estimate of drug-likeness (QED) is 0.0161. The normalized spacial score (nSPS) is 14.0. The number of carbonyl (C=O) groups is 2. The van der Waals surface area contributed by atoms with Gasteiger partial charge in [0.05, 0.1) is 33.8 Å². The van der Waals surface area contributed by atoms with Crippen molar-refractivity contribution in [3.63, 3.8) is 0 Å². The standard InChI is InChI=1S/C62H117N2O7P/c1-7-10-13-16-19-22-25-28-30-31-32-33-35-37-40-43-46-49-52-55-62(66)71-60(53-50-47-44-41-38-27-24-21-18-15-12-9-3)59(58-70-72(67,68)69-57-56-64(4,5)6)63-61(65)54-51-48-45-42-39-36-34-29-26-23-20-17-14-11-8-2/h20,23,26,28-30,50,53,59-60H,7-19,21-22,24-25,27,31-49,51-52,54-58H2,1-6H3,(H-,63,65,67,68)/b23-20+,29-26+,30-28+,53-50+. The number of likely N-dealkylation sites (N-methyl/N-ethyl adjacent to an activating group) is 1. The van der Waals surface area contributed by atoms with E-state index in [1.165, 1.54) is 167 Å². The number of phosphoric acid groups is 1. The fourth-order valence-corrected chi connectivity index (χ4v) is 9.47. The first-order valence-corrected chi connectivity index (χ1v) is 31.9. The summed E-state index contributed by atoms with van der Waals surface area (Å²) < 4.78 is 30.3. The van der Waals surface area contributed by atoms with Gasteiger partial charge in [0.1, 0.15) is 19.3 Å². The topological polar surface area (TPSA) is 114 Å². The van der Waals surface area contributed by atoms with Crippen LogP contribution >= 0.6 is 7.82 Å². The van der Waals surface area contributed by atoms with Crippen LogP contribution in [0.2, 0.25) is 0 Å². The van der Waals surface area contributed by atoms with E-state index < -0.39 is 26.6 Å². The molecule has 0 aliphatic carbocycles. The van der Waals surface area contributed by atoms with Gasteiger partial charge in [0, 0.05) is 12.8 Å². The van der Waals surface area contributed by atoms with Crippen molar-refractivity contribution in [2.45, 2.75) is 296 Å². The van der Waals surface area contributed by atoms with Gasteiger partial charge in [0.2, 0.25) is 5.91 Å². The molecule has 0 rings (SSSR count). The van der Waals surface area contributed by atoms with E-state index in [-0.39, 0.29) is 24.9 Å². The summed E-state index contributed by atoms with van der Waals surface area (Å²) in [5.41, 5.74) is 0. The molecular weight excluding hydrogens is 916 g/mol. The Kier molecular flexibility index (Phi) is 50.9. The Morgan fingerprint density at radius 3 is 1.29 bits per heavy atom. The fourth-order valence-electron chi connectivity index (χ4n) is 8.74. The lowest BCUT2D eigenvalue weighted by molar-refractivity contribution is -0.870. The number of nitrogens with zero attached hydrogens (tertiary/aromatic N) is 1. The number of amides is 1. The molecular formula is C62H117N2O7P.